The molecule has 0 saturated heterocycles. The van der Waals surface area contributed by atoms with Crippen molar-refractivity contribution in [1.82, 2.24) is 19.9 Å². The Kier molecular flexibility index (Phi) is 4.43. The molecule has 0 atom stereocenters. The molecule has 0 bridgehead atoms. The lowest BCUT2D eigenvalue weighted by atomic mass is 10.1. The number of nitrogens with one attached hydrogen (secondary N) is 1. The van der Waals surface area contributed by atoms with Crippen LogP contribution in [0.1, 0.15) is 5.56 Å². The van der Waals surface area contributed by atoms with E-state index in [4.69, 9.17) is 4.98 Å². The van der Waals surface area contributed by atoms with Gasteiger partial charge in [-0.25, -0.2) is 9.97 Å². The lowest BCUT2D eigenvalue weighted by molar-refractivity contribution is 1.05. The molecule has 0 saturated carbocycles. The summed E-state index contributed by atoms with van der Waals surface area (Å²) in [6.45, 7) is 0.654. The van der Waals surface area contributed by atoms with Crippen LogP contribution in [0.4, 0.5) is 5.95 Å². The molecule has 0 amide bonds. The van der Waals surface area contributed by atoms with Gasteiger partial charge in [0.25, 0.3) is 0 Å². The van der Waals surface area contributed by atoms with E-state index in [0.717, 1.165) is 27.3 Å². The largest absolute Gasteiger partial charge is 0.350 e. The van der Waals surface area contributed by atoms with Crippen molar-refractivity contribution >= 4 is 17.3 Å². The maximum absolute atomic E-state index is 4.76. The highest BCUT2D eigenvalue weighted by Crippen LogP contribution is 2.33. The molecule has 4 rings (SSSR count). The maximum atomic E-state index is 4.76. The van der Waals surface area contributed by atoms with Gasteiger partial charge < -0.3 is 5.32 Å². The third-order valence-electron chi connectivity index (χ3n) is 3.73. The SMILES string of the molecule is c1csc(-c2nc(NCc3ccncc3)ncc2-c2ccncc2)c1. The molecule has 4 aromatic rings. The van der Waals surface area contributed by atoms with Gasteiger partial charge in [-0.2, -0.15) is 0 Å². The van der Waals surface area contributed by atoms with Crippen LogP contribution in [0.5, 0.6) is 0 Å². The van der Waals surface area contributed by atoms with Gasteiger partial charge in [0.2, 0.25) is 5.95 Å². The lowest BCUT2D eigenvalue weighted by Crippen LogP contribution is -2.04. The van der Waals surface area contributed by atoms with Crippen molar-refractivity contribution in [3.8, 4) is 21.7 Å². The van der Waals surface area contributed by atoms with Crippen molar-refractivity contribution in [2.45, 2.75) is 6.54 Å². The zero-order valence-corrected chi connectivity index (χ0v) is 14.1. The minimum Gasteiger partial charge on any atom is -0.350 e. The van der Waals surface area contributed by atoms with Gasteiger partial charge in [0.1, 0.15) is 0 Å². The number of aromatic nitrogens is 4. The zero-order chi connectivity index (χ0) is 16.9. The van der Waals surface area contributed by atoms with Crippen LogP contribution in [0.2, 0.25) is 0 Å². The van der Waals surface area contributed by atoms with Gasteiger partial charge in [-0.3, -0.25) is 9.97 Å². The molecule has 0 aliphatic rings. The summed E-state index contributed by atoms with van der Waals surface area (Å²) >= 11 is 1.67. The molecule has 122 valence electrons. The van der Waals surface area contributed by atoms with E-state index in [1.54, 1.807) is 36.1 Å². The highest BCUT2D eigenvalue weighted by Gasteiger charge is 2.12. The Morgan fingerprint density at radius 2 is 1.68 bits per heavy atom. The molecule has 1 N–H and O–H groups in total. The van der Waals surface area contributed by atoms with E-state index in [1.165, 1.54) is 0 Å². The molecule has 4 aromatic heterocycles. The molecule has 6 heteroatoms. The van der Waals surface area contributed by atoms with E-state index < -0.39 is 0 Å². The Labute approximate surface area is 149 Å². The topological polar surface area (TPSA) is 63.6 Å². The van der Waals surface area contributed by atoms with Crippen LogP contribution >= 0.6 is 11.3 Å². The summed E-state index contributed by atoms with van der Waals surface area (Å²) in [4.78, 5) is 18.5. The van der Waals surface area contributed by atoms with E-state index >= 15 is 0 Å². The van der Waals surface area contributed by atoms with Crippen molar-refractivity contribution in [3.05, 3.63) is 78.3 Å². The number of hydrogen-bond donors (Lipinski definition) is 1. The van der Waals surface area contributed by atoms with E-state index in [1.807, 2.05) is 36.5 Å². The van der Waals surface area contributed by atoms with E-state index in [9.17, 15) is 0 Å². The fourth-order valence-corrected chi connectivity index (χ4v) is 3.22. The summed E-state index contributed by atoms with van der Waals surface area (Å²) in [5.74, 6) is 0.609. The molecular weight excluding hydrogens is 330 g/mol. The second kappa shape index (κ2) is 7.19. The summed E-state index contributed by atoms with van der Waals surface area (Å²) in [7, 11) is 0. The lowest BCUT2D eigenvalue weighted by Gasteiger charge is -2.10. The first kappa shape index (κ1) is 15.4. The number of anilines is 1. The molecular formula is C19H15N5S. The molecule has 4 heterocycles. The van der Waals surface area contributed by atoms with Crippen LogP contribution in [0.25, 0.3) is 21.7 Å². The zero-order valence-electron chi connectivity index (χ0n) is 13.3. The average Bonchev–Trinajstić information content (AvgIpc) is 3.22. The van der Waals surface area contributed by atoms with Gasteiger partial charge in [-0.1, -0.05) is 6.07 Å². The average molecular weight is 345 g/mol. The fourth-order valence-electron chi connectivity index (χ4n) is 2.49. The molecule has 0 radical (unpaired) electrons. The minimum atomic E-state index is 0.609. The highest BCUT2D eigenvalue weighted by molar-refractivity contribution is 7.13. The van der Waals surface area contributed by atoms with Gasteiger partial charge in [-0.05, 0) is 46.8 Å². The number of rotatable bonds is 5. The molecule has 25 heavy (non-hydrogen) atoms. The number of nitrogens with zero attached hydrogens (tertiary/aromatic N) is 4. The van der Waals surface area contributed by atoms with Gasteiger partial charge in [0, 0.05) is 43.1 Å². The third kappa shape index (κ3) is 3.54. The minimum absolute atomic E-state index is 0.609. The molecule has 0 fully saturated rings. The monoisotopic (exact) mass is 345 g/mol. The van der Waals surface area contributed by atoms with Crippen molar-refractivity contribution in [3.63, 3.8) is 0 Å². The van der Waals surface area contributed by atoms with E-state index in [2.05, 4.69) is 31.7 Å². The standard InChI is InChI=1S/C19H15N5S/c1-2-17(25-11-1)18-16(15-5-9-21-10-6-15)13-23-19(24-18)22-12-14-3-7-20-8-4-14/h1-11,13H,12H2,(H,22,23,24). The summed E-state index contributed by atoms with van der Waals surface area (Å²) in [6.07, 6.45) is 8.99. The summed E-state index contributed by atoms with van der Waals surface area (Å²) in [5.41, 5.74) is 4.11. The Bertz CT molecular complexity index is 940. The molecule has 0 aromatic carbocycles. The second-order valence-electron chi connectivity index (χ2n) is 5.38. The van der Waals surface area contributed by atoms with Crippen LogP contribution in [0.15, 0.2) is 72.8 Å². The van der Waals surface area contributed by atoms with Crippen molar-refractivity contribution in [2.75, 3.05) is 5.32 Å². The van der Waals surface area contributed by atoms with Crippen LogP contribution < -0.4 is 5.32 Å². The second-order valence-corrected chi connectivity index (χ2v) is 6.33. The highest BCUT2D eigenvalue weighted by atomic mass is 32.1. The van der Waals surface area contributed by atoms with Crippen LogP contribution in [0.3, 0.4) is 0 Å². The first-order valence-corrected chi connectivity index (χ1v) is 8.72. The third-order valence-corrected chi connectivity index (χ3v) is 4.61. The number of hydrogen-bond acceptors (Lipinski definition) is 6. The summed E-state index contributed by atoms with van der Waals surface area (Å²) < 4.78 is 0. The fraction of sp³-hybridized carbons (Fsp3) is 0.0526. The molecule has 0 aliphatic carbocycles. The quantitative estimate of drug-likeness (QED) is 0.585. The smallest absolute Gasteiger partial charge is 0.223 e. The predicted molar refractivity (Wildman–Crippen MR) is 100 cm³/mol. The van der Waals surface area contributed by atoms with Crippen LogP contribution in [0, 0.1) is 0 Å². The number of pyridine rings is 2. The van der Waals surface area contributed by atoms with Crippen molar-refractivity contribution < 1.29 is 0 Å². The first-order chi connectivity index (χ1) is 12.4. The van der Waals surface area contributed by atoms with Gasteiger partial charge in [-0.15, -0.1) is 11.3 Å². The van der Waals surface area contributed by atoms with Gasteiger partial charge >= 0.3 is 0 Å². The molecule has 0 unspecified atom stereocenters. The predicted octanol–water partition coefficient (Wildman–Crippen LogP) is 4.27. The molecule has 0 spiro atoms. The van der Waals surface area contributed by atoms with Crippen molar-refractivity contribution in [1.29, 1.82) is 0 Å². The van der Waals surface area contributed by atoms with Crippen LogP contribution in [-0.4, -0.2) is 19.9 Å². The number of thiophene rings is 1. The van der Waals surface area contributed by atoms with Crippen molar-refractivity contribution in [2.24, 2.45) is 0 Å². The Morgan fingerprint density at radius 3 is 2.40 bits per heavy atom. The van der Waals surface area contributed by atoms with E-state index in [-0.39, 0.29) is 0 Å². The Balaban J connectivity index is 1.68. The van der Waals surface area contributed by atoms with Gasteiger partial charge in [0.05, 0.1) is 10.6 Å². The summed E-state index contributed by atoms with van der Waals surface area (Å²) in [6, 6.07) is 12.0. The maximum Gasteiger partial charge on any atom is 0.223 e. The normalized spacial score (nSPS) is 10.6. The van der Waals surface area contributed by atoms with Crippen LogP contribution in [-0.2, 0) is 6.54 Å². The molecule has 5 nitrogen and oxygen atoms in total. The summed E-state index contributed by atoms with van der Waals surface area (Å²) in [5, 5.41) is 5.34. The first-order valence-electron chi connectivity index (χ1n) is 7.84. The van der Waals surface area contributed by atoms with Gasteiger partial charge in [0.15, 0.2) is 0 Å². The molecule has 0 aliphatic heterocycles. The Morgan fingerprint density at radius 1 is 0.920 bits per heavy atom. The van der Waals surface area contributed by atoms with E-state index in [0.29, 0.717) is 12.5 Å². The Hall–Kier alpha value is -3.12.